The number of fused-ring (bicyclic) bond motifs is 4. The van der Waals surface area contributed by atoms with Crippen molar-refractivity contribution in [3.8, 4) is 55.6 Å². The van der Waals surface area contributed by atoms with Gasteiger partial charge in [-0.2, -0.15) is 0 Å². The molecule has 11 rings (SSSR count). The maximum Gasteiger partial charge on any atom is 0.136 e. The lowest BCUT2D eigenvalue weighted by Crippen LogP contribution is -2.10. The second-order valence-electron chi connectivity index (χ2n) is 15.4. The Morgan fingerprint density at radius 3 is 1.40 bits per heavy atom. The Morgan fingerprint density at radius 2 is 0.683 bits per heavy atom. The van der Waals surface area contributed by atoms with E-state index in [-0.39, 0.29) is 0 Å². The molecular formula is C58H39NO. The number of nitrogens with zero attached hydrogens (tertiary/aromatic N) is 1. The molecule has 0 N–H and O–H groups in total. The fourth-order valence-corrected chi connectivity index (χ4v) is 8.52. The van der Waals surface area contributed by atoms with Gasteiger partial charge in [0.1, 0.15) is 11.2 Å². The average molecular weight is 766 g/mol. The van der Waals surface area contributed by atoms with Crippen LogP contribution in [0, 0.1) is 0 Å². The van der Waals surface area contributed by atoms with Crippen LogP contribution in [-0.4, -0.2) is 0 Å². The predicted molar refractivity (Wildman–Crippen MR) is 253 cm³/mol. The Labute approximate surface area is 349 Å². The molecule has 0 aliphatic rings. The lowest BCUT2D eigenvalue weighted by molar-refractivity contribution is 0.669. The van der Waals surface area contributed by atoms with Gasteiger partial charge in [0.2, 0.25) is 0 Å². The standard InChI is InChI=1S/C58H39NO/c1-2-10-40(11-3-1)49-16-9-17-54(38-49)59(53-33-28-45(29-34-53)51-30-35-56-55-18-6-7-19-57(55)60-58(56)39-51)52-31-26-43(27-32-52)42-20-22-44(23-21-42)47-14-8-15-48(36-47)50-25-24-41-12-4-5-13-46(41)37-50/h1-39H. The molecule has 0 spiro atoms. The van der Waals surface area contributed by atoms with E-state index in [0.29, 0.717) is 0 Å². The predicted octanol–water partition coefficient (Wildman–Crippen LogP) is 16.5. The zero-order valence-electron chi connectivity index (χ0n) is 32.9. The van der Waals surface area contributed by atoms with Crippen LogP contribution >= 0.6 is 0 Å². The zero-order chi connectivity index (χ0) is 39.8. The molecule has 60 heavy (non-hydrogen) atoms. The highest BCUT2D eigenvalue weighted by Gasteiger charge is 2.15. The van der Waals surface area contributed by atoms with E-state index >= 15 is 0 Å². The molecule has 10 aromatic carbocycles. The maximum absolute atomic E-state index is 6.23. The van der Waals surface area contributed by atoms with Crippen LogP contribution < -0.4 is 4.90 Å². The number of hydrogen-bond acceptors (Lipinski definition) is 2. The van der Waals surface area contributed by atoms with Gasteiger partial charge in [-0.05, 0) is 133 Å². The van der Waals surface area contributed by atoms with Crippen molar-refractivity contribution < 1.29 is 4.42 Å². The van der Waals surface area contributed by atoms with Gasteiger partial charge in [0.05, 0.1) is 0 Å². The molecule has 1 heterocycles. The van der Waals surface area contributed by atoms with E-state index in [2.05, 4.69) is 229 Å². The summed E-state index contributed by atoms with van der Waals surface area (Å²) in [5, 5.41) is 4.79. The SMILES string of the molecule is c1ccc(-c2cccc(N(c3ccc(-c4ccc(-c5cccc(-c6ccc7ccccc7c6)c5)cc4)cc3)c3ccc(-c4ccc5c(c4)oc4ccccc45)cc3)c2)cc1. The highest BCUT2D eigenvalue weighted by molar-refractivity contribution is 6.06. The average Bonchev–Trinajstić information content (AvgIpc) is 3.70. The van der Waals surface area contributed by atoms with Crippen LogP contribution in [0.4, 0.5) is 17.1 Å². The van der Waals surface area contributed by atoms with Gasteiger partial charge >= 0.3 is 0 Å². The van der Waals surface area contributed by atoms with Crippen molar-refractivity contribution in [2.24, 2.45) is 0 Å². The summed E-state index contributed by atoms with van der Waals surface area (Å²) in [5.41, 5.74) is 16.9. The molecule has 0 radical (unpaired) electrons. The van der Waals surface area contributed by atoms with E-state index in [1.807, 2.05) is 12.1 Å². The minimum atomic E-state index is 0.901. The van der Waals surface area contributed by atoms with Crippen molar-refractivity contribution in [1.29, 1.82) is 0 Å². The van der Waals surface area contributed by atoms with E-state index in [9.17, 15) is 0 Å². The Morgan fingerprint density at radius 1 is 0.233 bits per heavy atom. The summed E-state index contributed by atoms with van der Waals surface area (Å²) in [6, 6.07) is 84.9. The van der Waals surface area contributed by atoms with Crippen molar-refractivity contribution in [3.63, 3.8) is 0 Å². The van der Waals surface area contributed by atoms with Gasteiger partial charge in [-0.15, -0.1) is 0 Å². The molecule has 2 nitrogen and oxygen atoms in total. The summed E-state index contributed by atoms with van der Waals surface area (Å²) in [6.07, 6.45) is 0. The third-order valence-corrected chi connectivity index (χ3v) is 11.7. The number of benzene rings is 10. The molecule has 0 amide bonds. The molecule has 0 aliphatic carbocycles. The van der Waals surface area contributed by atoms with Gasteiger partial charge in [0, 0.05) is 27.8 Å². The summed E-state index contributed by atoms with van der Waals surface area (Å²) in [6.45, 7) is 0. The van der Waals surface area contributed by atoms with Crippen molar-refractivity contribution in [1.82, 2.24) is 0 Å². The topological polar surface area (TPSA) is 16.4 Å². The first-order valence-corrected chi connectivity index (χ1v) is 20.5. The molecule has 0 aliphatic heterocycles. The van der Waals surface area contributed by atoms with Crippen LogP contribution in [0.3, 0.4) is 0 Å². The van der Waals surface area contributed by atoms with Gasteiger partial charge < -0.3 is 9.32 Å². The summed E-state index contributed by atoms with van der Waals surface area (Å²) in [7, 11) is 0. The molecule has 0 saturated carbocycles. The van der Waals surface area contributed by atoms with Gasteiger partial charge in [-0.3, -0.25) is 0 Å². The molecule has 11 aromatic rings. The summed E-state index contributed by atoms with van der Waals surface area (Å²) >= 11 is 0. The van der Waals surface area contributed by atoms with Crippen molar-refractivity contribution in [2.75, 3.05) is 4.90 Å². The van der Waals surface area contributed by atoms with Gasteiger partial charge in [-0.25, -0.2) is 0 Å². The molecule has 282 valence electrons. The van der Waals surface area contributed by atoms with Gasteiger partial charge in [0.25, 0.3) is 0 Å². The third-order valence-electron chi connectivity index (χ3n) is 11.7. The number of para-hydroxylation sites is 1. The number of anilines is 3. The van der Waals surface area contributed by atoms with Crippen LogP contribution in [0.2, 0.25) is 0 Å². The second-order valence-corrected chi connectivity index (χ2v) is 15.4. The molecule has 2 heteroatoms. The second kappa shape index (κ2) is 15.1. The highest BCUT2D eigenvalue weighted by atomic mass is 16.3. The largest absolute Gasteiger partial charge is 0.456 e. The first-order valence-electron chi connectivity index (χ1n) is 20.5. The molecule has 0 unspecified atom stereocenters. The molecule has 0 saturated heterocycles. The Hall–Kier alpha value is -7.94. The normalized spacial score (nSPS) is 11.3. The van der Waals surface area contributed by atoms with Crippen LogP contribution in [0.25, 0.3) is 88.3 Å². The van der Waals surface area contributed by atoms with Crippen molar-refractivity contribution in [3.05, 3.63) is 237 Å². The van der Waals surface area contributed by atoms with E-state index < -0.39 is 0 Å². The first kappa shape index (κ1) is 35.2. The minimum Gasteiger partial charge on any atom is -0.456 e. The summed E-state index contributed by atoms with van der Waals surface area (Å²) < 4.78 is 6.23. The number of hydrogen-bond donors (Lipinski definition) is 0. The maximum atomic E-state index is 6.23. The fraction of sp³-hybridized carbons (Fsp3) is 0. The Kier molecular flexibility index (Phi) is 8.87. The van der Waals surface area contributed by atoms with Crippen LogP contribution in [-0.2, 0) is 0 Å². The smallest absolute Gasteiger partial charge is 0.136 e. The molecule has 0 bridgehead atoms. The minimum absolute atomic E-state index is 0.901. The molecule has 1 aromatic heterocycles. The van der Waals surface area contributed by atoms with Crippen molar-refractivity contribution >= 4 is 49.8 Å². The number of rotatable bonds is 8. The number of furan rings is 1. The van der Waals surface area contributed by atoms with Gasteiger partial charge in [0.15, 0.2) is 0 Å². The Balaban J connectivity index is 0.899. The monoisotopic (exact) mass is 765 g/mol. The van der Waals surface area contributed by atoms with E-state index in [1.54, 1.807) is 0 Å². The summed E-state index contributed by atoms with van der Waals surface area (Å²) in [4.78, 5) is 2.34. The summed E-state index contributed by atoms with van der Waals surface area (Å²) in [5.74, 6) is 0. The molecule has 0 atom stereocenters. The van der Waals surface area contributed by atoms with Crippen molar-refractivity contribution in [2.45, 2.75) is 0 Å². The zero-order valence-corrected chi connectivity index (χ0v) is 32.9. The lowest BCUT2D eigenvalue weighted by Gasteiger charge is -2.26. The van der Waals surface area contributed by atoms with Gasteiger partial charge in [-0.1, -0.05) is 170 Å². The van der Waals surface area contributed by atoms with E-state index in [1.165, 1.54) is 55.3 Å². The highest BCUT2D eigenvalue weighted by Crippen LogP contribution is 2.40. The van der Waals surface area contributed by atoms with E-state index in [4.69, 9.17) is 4.42 Å². The molecular weight excluding hydrogens is 727 g/mol. The lowest BCUT2D eigenvalue weighted by atomic mass is 9.96. The van der Waals surface area contributed by atoms with Crippen LogP contribution in [0.5, 0.6) is 0 Å². The fourth-order valence-electron chi connectivity index (χ4n) is 8.52. The quantitative estimate of drug-likeness (QED) is 0.153. The van der Waals surface area contributed by atoms with E-state index in [0.717, 1.165) is 50.1 Å². The van der Waals surface area contributed by atoms with Crippen LogP contribution in [0.15, 0.2) is 241 Å². The Bertz CT molecular complexity index is 3290. The first-order chi connectivity index (χ1) is 29.7. The third kappa shape index (κ3) is 6.70. The molecule has 0 fully saturated rings. The van der Waals surface area contributed by atoms with Crippen LogP contribution in [0.1, 0.15) is 0 Å².